The summed E-state index contributed by atoms with van der Waals surface area (Å²) in [5.74, 6) is 0.850. The lowest BCUT2D eigenvalue weighted by Crippen LogP contribution is -2.44. The number of H-pyrrole nitrogens is 1. The first-order chi connectivity index (χ1) is 8.87. The van der Waals surface area contributed by atoms with E-state index in [2.05, 4.69) is 17.1 Å². The number of carbonyl (C=O) groups excluding carboxylic acids is 1. The number of carbonyl (C=O) groups is 1. The predicted molar refractivity (Wildman–Crippen MR) is 72.9 cm³/mol. The molecule has 2 rings (SSSR count). The second-order valence-corrected chi connectivity index (χ2v) is 6.31. The predicted octanol–water partition coefficient (Wildman–Crippen LogP) is 2.77. The van der Waals surface area contributed by atoms with Crippen molar-refractivity contribution in [1.29, 1.82) is 0 Å². The highest BCUT2D eigenvalue weighted by Crippen LogP contribution is 2.31. The fraction of sp³-hybridized carbons (Fsp3) is 0.714. The van der Waals surface area contributed by atoms with Gasteiger partial charge in [-0.25, -0.2) is 4.79 Å². The molecule has 1 aliphatic rings. The van der Waals surface area contributed by atoms with Gasteiger partial charge in [0.05, 0.1) is 0 Å². The van der Waals surface area contributed by atoms with Crippen LogP contribution in [0.15, 0.2) is 12.3 Å². The Bertz CT molecular complexity index is 422. The number of piperidine rings is 1. The van der Waals surface area contributed by atoms with Gasteiger partial charge in [0.2, 0.25) is 0 Å². The van der Waals surface area contributed by atoms with Crippen molar-refractivity contribution in [3.05, 3.63) is 18.0 Å². The van der Waals surface area contributed by atoms with E-state index in [0.717, 1.165) is 25.2 Å². The number of likely N-dealkylation sites (tertiary alicyclic amines) is 1. The Labute approximate surface area is 114 Å². The van der Waals surface area contributed by atoms with Crippen molar-refractivity contribution in [1.82, 2.24) is 15.1 Å². The molecule has 1 amide bonds. The zero-order valence-electron chi connectivity index (χ0n) is 12.1. The van der Waals surface area contributed by atoms with Gasteiger partial charge in [0.15, 0.2) is 0 Å². The maximum absolute atomic E-state index is 12.0. The van der Waals surface area contributed by atoms with Gasteiger partial charge in [-0.05, 0) is 39.2 Å². The Morgan fingerprint density at radius 1 is 1.53 bits per heavy atom. The lowest BCUT2D eigenvalue weighted by Gasteiger charge is -2.37. The molecule has 1 aliphatic heterocycles. The van der Waals surface area contributed by atoms with Gasteiger partial charge >= 0.3 is 6.09 Å². The van der Waals surface area contributed by atoms with Crippen LogP contribution in [0.25, 0.3) is 0 Å². The number of aromatic amines is 1. The van der Waals surface area contributed by atoms with Crippen molar-refractivity contribution in [3.8, 4) is 0 Å². The molecule has 19 heavy (non-hydrogen) atoms. The Hall–Kier alpha value is -1.52. The summed E-state index contributed by atoms with van der Waals surface area (Å²) in [4.78, 5) is 13.8. The van der Waals surface area contributed by atoms with Crippen molar-refractivity contribution in [2.75, 3.05) is 13.1 Å². The van der Waals surface area contributed by atoms with E-state index in [1.54, 1.807) is 6.20 Å². The molecular weight excluding hydrogens is 242 g/mol. The first-order valence-electron chi connectivity index (χ1n) is 6.84. The third-order valence-corrected chi connectivity index (χ3v) is 3.48. The molecule has 5 nitrogen and oxygen atoms in total. The quantitative estimate of drug-likeness (QED) is 0.849. The highest BCUT2D eigenvalue weighted by atomic mass is 16.6. The van der Waals surface area contributed by atoms with E-state index in [4.69, 9.17) is 4.74 Å². The van der Waals surface area contributed by atoms with Crippen LogP contribution >= 0.6 is 0 Å². The number of amides is 1. The first kappa shape index (κ1) is 13.9. The molecule has 0 radical (unpaired) electrons. The number of aromatic nitrogens is 2. The summed E-state index contributed by atoms with van der Waals surface area (Å²) in [6.45, 7) is 9.33. The molecule has 2 heterocycles. The molecule has 1 fully saturated rings. The Balaban J connectivity index is 1.95. The smallest absolute Gasteiger partial charge is 0.410 e. The summed E-state index contributed by atoms with van der Waals surface area (Å²) >= 11 is 0. The molecule has 0 bridgehead atoms. The maximum atomic E-state index is 12.0. The second kappa shape index (κ2) is 5.23. The number of ether oxygens (including phenoxy) is 1. The molecule has 1 N–H and O–H groups in total. The van der Waals surface area contributed by atoms with Gasteiger partial charge in [0.1, 0.15) is 5.60 Å². The van der Waals surface area contributed by atoms with Gasteiger partial charge in [-0.15, -0.1) is 0 Å². The lowest BCUT2D eigenvalue weighted by atomic mass is 9.85. The summed E-state index contributed by atoms with van der Waals surface area (Å²) in [6.07, 6.45) is 2.52. The van der Waals surface area contributed by atoms with Crippen LogP contribution in [0.2, 0.25) is 0 Å². The third kappa shape index (κ3) is 3.49. The summed E-state index contributed by atoms with van der Waals surface area (Å²) < 4.78 is 5.42. The van der Waals surface area contributed by atoms with E-state index >= 15 is 0 Å². The topological polar surface area (TPSA) is 58.2 Å². The van der Waals surface area contributed by atoms with Crippen molar-refractivity contribution in [3.63, 3.8) is 0 Å². The summed E-state index contributed by atoms with van der Waals surface area (Å²) in [5, 5.41) is 7.04. The largest absolute Gasteiger partial charge is 0.444 e. The second-order valence-electron chi connectivity index (χ2n) is 6.31. The monoisotopic (exact) mass is 265 g/mol. The van der Waals surface area contributed by atoms with Crippen molar-refractivity contribution in [2.24, 2.45) is 5.92 Å². The maximum Gasteiger partial charge on any atom is 0.410 e. The Kier molecular flexibility index (Phi) is 3.83. The van der Waals surface area contributed by atoms with Gasteiger partial charge in [-0.3, -0.25) is 5.10 Å². The van der Waals surface area contributed by atoms with Crippen LogP contribution in [0.1, 0.15) is 45.7 Å². The van der Waals surface area contributed by atoms with Crippen molar-refractivity contribution in [2.45, 2.75) is 45.6 Å². The zero-order chi connectivity index (χ0) is 14.0. The third-order valence-electron chi connectivity index (χ3n) is 3.48. The first-order valence-corrected chi connectivity index (χ1v) is 6.84. The summed E-state index contributed by atoms with van der Waals surface area (Å²) in [7, 11) is 0. The Morgan fingerprint density at radius 3 is 2.79 bits per heavy atom. The molecule has 0 saturated carbocycles. The number of rotatable bonds is 1. The molecule has 5 heteroatoms. The van der Waals surface area contributed by atoms with Crippen LogP contribution in [-0.2, 0) is 4.74 Å². The number of hydrogen-bond acceptors (Lipinski definition) is 3. The van der Waals surface area contributed by atoms with E-state index in [9.17, 15) is 4.79 Å². The molecule has 106 valence electrons. The van der Waals surface area contributed by atoms with Gasteiger partial charge in [-0.1, -0.05) is 6.92 Å². The van der Waals surface area contributed by atoms with Crippen LogP contribution in [0.4, 0.5) is 4.79 Å². The van der Waals surface area contributed by atoms with Crippen LogP contribution in [0, 0.1) is 5.92 Å². The van der Waals surface area contributed by atoms with Crippen LogP contribution < -0.4 is 0 Å². The average Bonchev–Trinajstić information content (AvgIpc) is 2.79. The highest BCUT2D eigenvalue weighted by Gasteiger charge is 2.32. The molecule has 0 spiro atoms. The number of nitrogens with zero attached hydrogens (tertiary/aromatic N) is 2. The molecule has 2 atom stereocenters. The summed E-state index contributed by atoms with van der Waals surface area (Å²) in [6, 6.07) is 2.02. The minimum Gasteiger partial charge on any atom is -0.444 e. The Morgan fingerprint density at radius 2 is 2.26 bits per heavy atom. The molecule has 1 aromatic heterocycles. The average molecular weight is 265 g/mol. The van der Waals surface area contributed by atoms with E-state index in [1.807, 2.05) is 31.7 Å². The molecule has 1 aromatic rings. The van der Waals surface area contributed by atoms with Crippen molar-refractivity contribution < 1.29 is 9.53 Å². The van der Waals surface area contributed by atoms with Crippen LogP contribution in [-0.4, -0.2) is 39.9 Å². The van der Waals surface area contributed by atoms with E-state index < -0.39 is 5.60 Å². The minimum atomic E-state index is -0.430. The molecule has 0 aliphatic carbocycles. The number of nitrogens with one attached hydrogen (secondary N) is 1. The van der Waals surface area contributed by atoms with E-state index in [1.165, 1.54) is 0 Å². The van der Waals surface area contributed by atoms with Gasteiger partial charge < -0.3 is 9.64 Å². The van der Waals surface area contributed by atoms with Crippen LogP contribution in [0.5, 0.6) is 0 Å². The van der Waals surface area contributed by atoms with E-state index in [-0.39, 0.29) is 6.09 Å². The number of hydrogen-bond donors (Lipinski definition) is 1. The fourth-order valence-electron chi connectivity index (χ4n) is 2.57. The zero-order valence-corrected chi connectivity index (χ0v) is 12.1. The minimum absolute atomic E-state index is 0.206. The van der Waals surface area contributed by atoms with Gasteiger partial charge in [0, 0.05) is 30.9 Å². The fourth-order valence-corrected chi connectivity index (χ4v) is 2.57. The van der Waals surface area contributed by atoms with E-state index in [0.29, 0.717) is 11.8 Å². The van der Waals surface area contributed by atoms with Gasteiger partial charge in [-0.2, -0.15) is 5.10 Å². The standard InChI is InChI=1S/C14H23N3O2/c1-10-9-17(13(18)19-14(2,3)4)8-6-11(10)12-5-7-15-16-12/h5,7,10-11H,6,8-9H2,1-4H3,(H,15,16). The molecule has 1 saturated heterocycles. The van der Waals surface area contributed by atoms with Crippen molar-refractivity contribution >= 4 is 6.09 Å². The molecular formula is C14H23N3O2. The lowest BCUT2D eigenvalue weighted by molar-refractivity contribution is 0.0154. The van der Waals surface area contributed by atoms with Gasteiger partial charge in [0.25, 0.3) is 0 Å². The van der Waals surface area contributed by atoms with Crippen LogP contribution in [0.3, 0.4) is 0 Å². The summed E-state index contributed by atoms with van der Waals surface area (Å²) in [5.41, 5.74) is 0.733. The normalized spacial score (nSPS) is 24.3. The molecule has 0 aromatic carbocycles. The highest BCUT2D eigenvalue weighted by molar-refractivity contribution is 5.68. The molecule has 2 unspecified atom stereocenters. The SMILES string of the molecule is CC1CN(C(=O)OC(C)(C)C)CCC1c1ccn[nH]1.